The first-order valence-corrected chi connectivity index (χ1v) is 4.83. The van der Waals surface area contributed by atoms with Gasteiger partial charge in [0.1, 0.15) is 17.7 Å². The molecule has 1 aromatic rings. The lowest BCUT2D eigenvalue weighted by molar-refractivity contribution is 1.18. The van der Waals surface area contributed by atoms with Crippen LogP contribution in [0.15, 0.2) is 42.1 Å². The molecule has 1 aliphatic heterocycles. The van der Waals surface area contributed by atoms with Crippen molar-refractivity contribution in [1.29, 1.82) is 10.5 Å². The van der Waals surface area contributed by atoms with E-state index in [2.05, 4.69) is 0 Å². The van der Waals surface area contributed by atoms with Crippen LogP contribution in [0.25, 0.3) is 5.57 Å². The van der Waals surface area contributed by atoms with E-state index in [1.54, 1.807) is 6.08 Å². The average molecular weight is 207 g/mol. The van der Waals surface area contributed by atoms with Crippen LogP contribution in [0.3, 0.4) is 0 Å². The van der Waals surface area contributed by atoms with Crippen LogP contribution in [0, 0.1) is 22.7 Å². The Morgan fingerprint density at radius 1 is 1.19 bits per heavy atom. The van der Waals surface area contributed by atoms with E-state index in [1.165, 1.54) is 0 Å². The van der Waals surface area contributed by atoms with Crippen molar-refractivity contribution < 1.29 is 0 Å². The van der Waals surface area contributed by atoms with E-state index in [1.807, 2.05) is 54.6 Å². The van der Waals surface area contributed by atoms with Crippen LogP contribution in [-0.2, 0) is 0 Å². The van der Waals surface area contributed by atoms with Crippen molar-refractivity contribution in [2.75, 3.05) is 11.9 Å². The van der Waals surface area contributed by atoms with Gasteiger partial charge >= 0.3 is 0 Å². The van der Waals surface area contributed by atoms with E-state index in [9.17, 15) is 0 Å². The number of hydrogen-bond acceptors (Lipinski definition) is 3. The van der Waals surface area contributed by atoms with Crippen molar-refractivity contribution in [3.05, 3.63) is 47.7 Å². The summed E-state index contributed by atoms with van der Waals surface area (Å²) in [5.74, 6) is 0. The third-order valence-electron chi connectivity index (χ3n) is 2.53. The van der Waals surface area contributed by atoms with Gasteiger partial charge in [0.2, 0.25) is 0 Å². The van der Waals surface area contributed by atoms with Crippen molar-refractivity contribution in [3.8, 4) is 12.1 Å². The van der Waals surface area contributed by atoms with Gasteiger partial charge in [-0.05, 0) is 12.1 Å². The van der Waals surface area contributed by atoms with E-state index < -0.39 is 0 Å². The first-order valence-electron chi connectivity index (χ1n) is 4.83. The minimum Gasteiger partial charge on any atom is -0.351 e. The second-order valence-electron chi connectivity index (χ2n) is 3.46. The molecule has 0 bridgehead atoms. The van der Waals surface area contributed by atoms with Crippen LogP contribution >= 0.6 is 0 Å². The molecule has 2 rings (SSSR count). The normalized spacial score (nSPS) is 12.7. The third-order valence-corrected chi connectivity index (χ3v) is 2.53. The van der Waals surface area contributed by atoms with Gasteiger partial charge in [-0.2, -0.15) is 10.5 Å². The maximum Gasteiger partial charge on any atom is 0.137 e. The summed E-state index contributed by atoms with van der Waals surface area (Å²) in [6.45, 7) is 0. The lowest BCUT2D eigenvalue weighted by atomic mass is 9.96. The number of anilines is 1. The number of fused-ring (bicyclic) bond motifs is 1. The zero-order chi connectivity index (χ0) is 11.5. The molecule has 1 heterocycles. The minimum atomic E-state index is 0.150. The molecular formula is C13H9N3. The highest BCUT2D eigenvalue weighted by Gasteiger charge is 2.16. The molecule has 0 saturated heterocycles. The van der Waals surface area contributed by atoms with Crippen molar-refractivity contribution in [2.45, 2.75) is 0 Å². The maximum atomic E-state index is 8.89. The van der Waals surface area contributed by atoms with Gasteiger partial charge in [-0.1, -0.05) is 18.2 Å². The van der Waals surface area contributed by atoms with Gasteiger partial charge in [-0.15, -0.1) is 0 Å². The summed E-state index contributed by atoms with van der Waals surface area (Å²) < 4.78 is 0. The summed E-state index contributed by atoms with van der Waals surface area (Å²) in [6.07, 6.45) is 3.65. The topological polar surface area (TPSA) is 50.8 Å². The molecule has 0 radical (unpaired) electrons. The molecule has 0 saturated carbocycles. The number of allylic oxidation sites excluding steroid dienone is 3. The van der Waals surface area contributed by atoms with E-state index in [4.69, 9.17) is 10.5 Å². The smallest absolute Gasteiger partial charge is 0.137 e. The molecule has 76 valence electrons. The monoisotopic (exact) mass is 207 g/mol. The average Bonchev–Trinajstić information content (AvgIpc) is 2.34. The fourth-order valence-corrected chi connectivity index (χ4v) is 1.73. The number of benzene rings is 1. The van der Waals surface area contributed by atoms with Crippen molar-refractivity contribution >= 4 is 11.3 Å². The predicted octanol–water partition coefficient (Wildman–Crippen LogP) is 2.45. The molecular weight excluding hydrogens is 198 g/mol. The highest BCUT2D eigenvalue weighted by Crippen LogP contribution is 2.33. The fraction of sp³-hybridized carbons (Fsp3) is 0.0769. The van der Waals surface area contributed by atoms with Crippen molar-refractivity contribution in [3.63, 3.8) is 0 Å². The molecule has 0 amide bonds. The van der Waals surface area contributed by atoms with Crippen molar-refractivity contribution in [1.82, 2.24) is 0 Å². The van der Waals surface area contributed by atoms with Gasteiger partial charge in [-0.25, -0.2) is 0 Å². The zero-order valence-corrected chi connectivity index (χ0v) is 8.81. The summed E-state index contributed by atoms with van der Waals surface area (Å²) in [5.41, 5.74) is 2.77. The molecule has 0 N–H and O–H groups in total. The quantitative estimate of drug-likeness (QED) is 0.614. The second-order valence-corrected chi connectivity index (χ2v) is 3.46. The number of rotatable bonds is 0. The van der Waals surface area contributed by atoms with E-state index in [-0.39, 0.29) is 5.57 Å². The molecule has 0 aromatic heterocycles. The van der Waals surface area contributed by atoms with E-state index in [0.717, 1.165) is 11.3 Å². The van der Waals surface area contributed by atoms with Gasteiger partial charge in [-0.3, -0.25) is 0 Å². The number of hydrogen-bond donors (Lipinski definition) is 0. The summed E-state index contributed by atoms with van der Waals surface area (Å²) in [7, 11) is 1.94. The molecule has 3 heteroatoms. The highest BCUT2D eigenvalue weighted by atomic mass is 15.1. The van der Waals surface area contributed by atoms with Gasteiger partial charge in [0.25, 0.3) is 0 Å². The Bertz CT molecular complexity index is 552. The predicted molar refractivity (Wildman–Crippen MR) is 62.1 cm³/mol. The first kappa shape index (κ1) is 10.0. The summed E-state index contributed by atoms with van der Waals surface area (Å²) >= 11 is 0. The zero-order valence-electron chi connectivity index (χ0n) is 8.81. The molecule has 0 spiro atoms. The Morgan fingerprint density at radius 2 is 1.88 bits per heavy atom. The minimum absolute atomic E-state index is 0.150. The molecule has 1 aliphatic rings. The lowest BCUT2D eigenvalue weighted by Gasteiger charge is -2.23. The van der Waals surface area contributed by atoms with Gasteiger partial charge in [0, 0.05) is 30.1 Å². The Labute approximate surface area is 94.1 Å². The molecule has 0 unspecified atom stereocenters. The SMILES string of the molecule is CN1C=CC(=C(C#N)C#N)c2ccccc21. The molecule has 0 fully saturated rings. The van der Waals surface area contributed by atoms with Crippen LogP contribution in [0.5, 0.6) is 0 Å². The molecule has 3 nitrogen and oxygen atoms in total. The third kappa shape index (κ3) is 1.45. The molecule has 0 atom stereocenters. The Kier molecular flexibility index (Phi) is 2.45. The summed E-state index contributed by atoms with van der Waals surface area (Å²) in [5, 5.41) is 17.8. The van der Waals surface area contributed by atoms with E-state index in [0.29, 0.717) is 5.57 Å². The second kappa shape index (κ2) is 3.92. The number of para-hydroxylation sites is 1. The van der Waals surface area contributed by atoms with Crippen molar-refractivity contribution in [2.24, 2.45) is 0 Å². The fourth-order valence-electron chi connectivity index (χ4n) is 1.73. The van der Waals surface area contributed by atoms with Gasteiger partial charge < -0.3 is 4.90 Å². The lowest BCUT2D eigenvalue weighted by Crippen LogP contribution is -2.13. The Balaban J connectivity index is 2.71. The number of nitriles is 2. The maximum absolute atomic E-state index is 8.89. The highest BCUT2D eigenvalue weighted by molar-refractivity contribution is 5.90. The van der Waals surface area contributed by atoms with E-state index >= 15 is 0 Å². The Hall–Kier alpha value is -2.52. The van der Waals surface area contributed by atoms with Gasteiger partial charge in [0.05, 0.1) is 0 Å². The summed E-state index contributed by atoms with van der Waals surface area (Å²) in [4.78, 5) is 1.96. The molecule has 0 aliphatic carbocycles. The molecule has 16 heavy (non-hydrogen) atoms. The van der Waals surface area contributed by atoms with Crippen LogP contribution in [0.1, 0.15) is 5.56 Å². The van der Waals surface area contributed by atoms with Crippen LogP contribution in [0.2, 0.25) is 0 Å². The summed E-state index contributed by atoms with van der Waals surface area (Å²) in [6, 6.07) is 11.6. The molecule has 1 aromatic carbocycles. The largest absolute Gasteiger partial charge is 0.351 e. The standard InChI is InChI=1S/C13H9N3/c1-16-7-6-11(10(8-14)9-15)12-4-2-3-5-13(12)16/h2-7H,1H3. The first-order chi connectivity index (χ1) is 7.77. The van der Waals surface area contributed by atoms with Gasteiger partial charge in [0.15, 0.2) is 0 Å². The van der Waals surface area contributed by atoms with Crippen LogP contribution < -0.4 is 4.90 Å². The number of nitrogens with zero attached hydrogens (tertiary/aromatic N) is 3. The van der Waals surface area contributed by atoms with Crippen LogP contribution in [-0.4, -0.2) is 7.05 Å². The Morgan fingerprint density at radius 3 is 2.56 bits per heavy atom. The van der Waals surface area contributed by atoms with Crippen LogP contribution in [0.4, 0.5) is 5.69 Å².